The molecule has 1 aliphatic heterocycles. The molecular weight excluding hydrogens is 270 g/mol. The number of piperazine rings is 1. The summed E-state index contributed by atoms with van der Waals surface area (Å²) in [5.74, 6) is 0.512. The van der Waals surface area contributed by atoms with E-state index in [0.717, 1.165) is 18.5 Å². The first-order chi connectivity index (χ1) is 9.90. The second-order valence-electron chi connectivity index (χ2n) is 6.68. The minimum absolute atomic E-state index is 0.137. The van der Waals surface area contributed by atoms with Crippen LogP contribution >= 0.6 is 0 Å². The van der Waals surface area contributed by atoms with Gasteiger partial charge in [-0.1, -0.05) is 44.2 Å². The SMILES string of the molecule is CC(C)CC1CNC(C)(c2ccccc2)CN1CC(F)F. The molecule has 0 aliphatic carbocycles. The summed E-state index contributed by atoms with van der Waals surface area (Å²) in [5, 5.41) is 3.58. The standard InChI is InChI=1S/C17H26F2N2/c1-13(2)9-15-10-20-17(3,12-21(15)11-16(18)19)14-7-5-4-6-8-14/h4-8,13,15-16,20H,9-12H2,1-3H3. The Morgan fingerprint density at radius 3 is 2.52 bits per heavy atom. The highest BCUT2D eigenvalue weighted by molar-refractivity contribution is 5.25. The molecule has 0 saturated carbocycles. The van der Waals surface area contributed by atoms with Gasteiger partial charge in [-0.15, -0.1) is 0 Å². The van der Waals surface area contributed by atoms with Crippen LogP contribution < -0.4 is 5.32 Å². The van der Waals surface area contributed by atoms with Crippen LogP contribution in [0.15, 0.2) is 30.3 Å². The average molecular weight is 296 g/mol. The van der Waals surface area contributed by atoms with Gasteiger partial charge in [-0.05, 0) is 24.8 Å². The Morgan fingerprint density at radius 1 is 1.29 bits per heavy atom. The van der Waals surface area contributed by atoms with Crippen molar-refractivity contribution in [2.24, 2.45) is 5.92 Å². The Hall–Kier alpha value is -1.00. The summed E-state index contributed by atoms with van der Waals surface area (Å²) in [7, 11) is 0. The lowest BCUT2D eigenvalue weighted by atomic mass is 9.86. The van der Waals surface area contributed by atoms with Gasteiger partial charge in [0.2, 0.25) is 0 Å². The van der Waals surface area contributed by atoms with E-state index in [-0.39, 0.29) is 18.1 Å². The molecule has 1 saturated heterocycles. The average Bonchev–Trinajstić information content (AvgIpc) is 2.42. The number of alkyl halides is 2. The molecule has 2 rings (SSSR count). The van der Waals surface area contributed by atoms with E-state index in [9.17, 15) is 8.78 Å². The second-order valence-corrected chi connectivity index (χ2v) is 6.68. The molecule has 0 aromatic heterocycles. The van der Waals surface area contributed by atoms with E-state index in [2.05, 4.69) is 38.2 Å². The van der Waals surface area contributed by atoms with Gasteiger partial charge in [-0.3, -0.25) is 4.90 Å². The summed E-state index contributed by atoms with van der Waals surface area (Å²) in [5.41, 5.74) is 0.899. The lowest BCUT2D eigenvalue weighted by Gasteiger charge is -2.47. The van der Waals surface area contributed by atoms with Gasteiger partial charge in [0, 0.05) is 19.1 Å². The molecule has 1 aliphatic rings. The molecule has 2 atom stereocenters. The molecule has 0 bridgehead atoms. The van der Waals surface area contributed by atoms with Gasteiger partial charge in [-0.2, -0.15) is 0 Å². The molecule has 0 amide bonds. The number of halogens is 2. The van der Waals surface area contributed by atoms with Crippen LogP contribution in [0.1, 0.15) is 32.8 Å². The topological polar surface area (TPSA) is 15.3 Å². The molecule has 1 aromatic rings. The van der Waals surface area contributed by atoms with Crippen LogP contribution in [0.5, 0.6) is 0 Å². The molecule has 118 valence electrons. The lowest BCUT2D eigenvalue weighted by Crippen LogP contribution is -2.62. The van der Waals surface area contributed by atoms with Crippen LogP contribution in [-0.2, 0) is 5.54 Å². The largest absolute Gasteiger partial charge is 0.305 e. The molecule has 1 fully saturated rings. The fraction of sp³-hybridized carbons (Fsp3) is 0.647. The maximum atomic E-state index is 12.9. The predicted octanol–water partition coefficient (Wildman–Crippen LogP) is 3.49. The number of nitrogens with zero attached hydrogens (tertiary/aromatic N) is 1. The minimum Gasteiger partial charge on any atom is -0.305 e. The van der Waals surface area contributed by atoms with E-state index in [1.54, 1.807) is 0 Å². The molecule has 1 N–H and O–H groups in total. The number of hydrogen-bond donors (Lipinski definition) is 1. The zero-order chi connectivity index (χ0) is 15.5. The first-order valence-corrected chi connectivity index (χ1v) is 7.73. The third kappa shape index (κ3) is 4.24. The van der Waals surface area contributed by atoms with E-state index in [1.807, 2.05) is 23.1 Å². The van der Waals surface area contributed by atoms with E-state index in [4.69, 9.17) is 0 Å². The number of hydrogen-bond acceptors (Lipinski definition) is 2. The zero-order valence-corrected chi connectivity index (χ0v) is 13.2. The second kappa shape index (κ2) is 6.84. The monoisotopic (exact) mass is 296 g/mol. The van der Waals surface area contributed by atoms with E-state index in [0.29, 0.717) is 12.5 Å². The first-order valence-electron chi connectivity index (χ1n) is 7.73. The molecule has 4 heteroatoms. The van der Waals surface area contributed by atoms with E-state index >= 15 is 0 Å². The zero-order valence-electron chi connectivity index (χ0n) is 13.2. The van der Waals surface area contributed by atoms with Crippen LogP contribution in [0.3, 0.4) is 0 Å². The predicted molar refractivity (Wildman–Crippen MR) is 82.6 cm³/mol. The third-order valence-electron chi connectivity index (χ3n) is 4.29. The van der Waals surface area contributed by atoms with Gasteiger partial charge < -0.3 is 5.32 Å². The van der Waals surface area contributed by atoms with Gasteiger partial charge in [0.05, 0.1) is 12.1 Å². The summed E-state index contributed by atoms with van der Waals surface area (Å²) < 4.78 is 25.8. The maximum absolute atomic E-state index is 12.9. The Balaban J connectivity index is 2.15. The molecule has 21 heavy (non-hydrogen) atoms. The van der Waals surface area contributed by atoms with Gasteiger partial charge in [0.1, 0.15) is 0 Å². The Morgan fingerprint density at radius 2 is 1.95 bits per heavy atom. The summed E-state index contributed by atoms with van der Waals surface area (Å²) in [4.78, 5) is 1.97. The number of nitrogens with one attached hydrogen (secondary N) is 1. The maximum Gasteiger partial charge on any atom is 0.251 e. The van der Waals surface area contributed by atoms with Crippen LogP contribution in [0.4, 0.5) is 8.78 Å². The number of benzene rings is 1. The third-order valence-corrected chi connectivity index (χ3v) is 4.29. The molecular formula is C17H26F2N2. The Labute approximate surface area is 126 Å². The van der Waals surface area contributed by atoms with Crippen LogP contribution in [0, 0.1) is 5.92 Å². The summed E-state index contributed by atoms with van der Waals surface area (Å²) >= 11 is 0. The van der Waals surface area contributed by atoms with Gasteiger partial charge in [-0.25, -0.2) is 8.78 Å². The van der Waals surface area contributed by atoms with Crippen molar-refractivity contribution >= 4 is 0 Å². The molecule has 1 aromatic carbocycles. The summed E-state index contributed by atoms with van der Waals surface area (Å²) in [6.45, 7) is 7.64. The van der Waals surface area contributed by atoms with Crippen LogP contribution in [0.25, 0.3) is 0 Å². The van der Waals surface area contributed by atoms with Crippen molar-refractivity contribution < 1.29 is 8.78 Å². The fourth-order valence-corrected chi connectivity index (χ4v) is 3.23. The van der Waals surface area contributed by atoms with Crippen molar-refractivity contribution in [2.75, 3.05) is 19.6 Å². The number of rotatable bonds is 5. The molecule has 1 heterocycles. The van der Waals surface area contributed by atoms with E-state index in [1.165, 1.54) is 0 Å². The van der Waals surface area contributed by atoms with Crippen molar-refractivity contribution in [1.29, 1.82) is 0 Å². The summed E-state index contributed by atoms with van der Waals surface area (Å²) in [6.07, 6.45) is -1.33. The highest BCUT2D eigenvalue weighted by Crippen LogP contribution is 2.28. The molecule has 2 nitrogen and oxygen atoms in total. The normalized spacial score (nSPS) is 27.5. The van der Waals surface area contributed by atoms with Crippen LogP contribution in [-0.4, -0.2) is 37.0 Å². The first kappa shape index (κ1) is 16.4. The molecule has 0 radical (unpaired) electrons. The lowest BCUT2D eigenvalue weighted by molar-refractivity contribution is 0.0165. The van der Waals surface area contributed by atoms with Crippen molar-refractivity contribution in [3.05, 3.63) is 35.9 Å². The highest BCUT2D eigenvalue weighted by atomic mass is 19.3. The van der Waals surface area contributed by atoms with Crippen molar-refractivity contribution in [1.82, 2.24) is 10.2 Å². The highest BCUT2D eigenvalue weighted by Gasteiger charge is 2.37. The Bertz CT molecular complexity index is 436. The van der Waals surface area contributed by atoms with Crippen molar-refractivity contribution in [3.63, 3.8) is 0 Å². The van der Waals surface area contributed by atoms with Crippen LogP contribution in [0.2, 0.25) is 0 Å². The van der Waals surface area contributed by atoms with Gasteiger partial charge in [0.25, 0.3) is 6.43 Å². The summed E-state index contributed by atoms with van der Waals surface area (Å²) in [6, 6.07) is 10.3. The van der Waals surface area contributed by atoms with Gasteiger partial charge >= 0.3 is 0 Å². The van der Waals surface area contributed by atoms with Crippen molar-refractivity contribution in [2.45, 2.75) is 45.2 Å². The Kier molecular flexibility index (Phi) is 5.33. The fourth-order valence-electron chi connectivity index (χ4n) is 3.23. The molecule has 0 spiro atoms. The minimum atomic E-state index is -2.28. The van der Waals surface area contributed by atoms with E-state index < -0.39 is 6.43 Å². The smallest absolute Gasteiger partial charge is 0.251 e. The van der Waals surface area contributed by atoms with Gasteiger partial charge in [0.15, 0.2) is 0 Å². The molecule has 2 unspecified atom stereocenters. The quantitative estimate of drug-likeness (QED) is 0.895. The van der Waals surface area contributed by atoms with Crippen molar-refractivity contribution in [3.8, 4) is 0 Å².